The average Bonchev–Trinajstić information content (AvgIpc) is 2.30. The largest absolute Gasteiger partial charge is 0.494 e. The number of rotatable bonds is 8. The van der Waals surface area contributed by atoms with Crippen LogP contribution in [0.15, 0.2) is 24.3 Å². The van der Waals surface area contributed by atoms with E-state index in [1.165, 1.54) is 17.9 Å². The minimum absolute atomic E-state index is 0.719. The van der Waals surface area contributed by atoms with Crippen LogP contribution in [0, 0.1) is 0 Å². The predicted octanol–water partition coefficient (Wildman–Crippen LogP) is 3.64. The van der Waals surface area contributed by atoms with Gasteiger partial charge in [0.1, 0.15) is 5.75 Å². The van der Waals surface area contributed by atoms with Gasteiger partial charge in [-0.1, -0.05) is 13.0 Å². The molecule has 1 N–H and O–H groups in total. The van der Waals surface area contributed by atoms with Crippen LogP contribution in [0.25, 0.3) is 0 Å². The first-order chi connectivity index (χ1) is 7.86. The molecule has 0 radical (unpaired) electrons. The molecule has 0 saturated heterocycles. The fourth-order valence-corrected chi connectivity index (χ4v) is 2.05. The normalized spacial score (nSPS) is 10.1. The first kappa shape index (κ1) is 13.2. The molecule has 0 aromatic heterocycles. The summed E-state index contributed by atoms with van der Waals surface area (Å²) >= 11 is 1.99. The third-order valence-corrected chi connectivity index (χ3v) is 3.13. The Hall–Kier alpha value is -0.830. The van der Waals surface area contributed by atoms with Gasteiger partial charge in [-0.05, 0) is 37.0 Å². The minimum atomic E-state index is 0.719. The Morgan fingerprint density at radius 3 is 2.94 bits per heavy atom. The number of anilines is 1. The number of ether oxygens (including phenoxy) is 1. The first-order valence-electron chi connectivity index (χ1n) is 5.91. The first-order valence-corrected chi connectivity index (χ1v) is 7.06. The molecule has 16 heavy (non-hydrogen) atoms. The highest BCUT2D eigenvalue weighted by molar-refractivity contribution is 7.99. The zero-order chi connectivity index (χ0) is 11.6. The number of nitrogens with one attached hydrogen (secondary N) is 1. The highest BCUT2D eigenvalue weighted by Gasteiger charge is 1.95. The number of benzene rings is 1. The Morgan fingerprint density at radius 2 is 2.19 bits per heavy atom. The summed E-state index contributed by atoms with van der Waals surface area (Å²) < 4.78 is 5.45. The quantitative estimate of drug-likeness (QED) is 0.700. The molecule has 0 spiro atoms. The van der Waals surface area contributed by atoms with Crippen LogP contribution in [-0.2, 0) is 0 Å². The standard InChI is InChI=1S/C13H21NOS/c1-3-15-13-8-5-7-12(11-13)14-9-6-10-16-4-2/h5,7-8,11,14H,3-4,6,9-10H2,1-2H3. The summed E-state index contributed by atoms with van der Waals surface area (Å²) in [6, 6.07) is 8.14. The van der Waals surface area contributed by atoms with Gasteiger partial charge in [-0.2, -0.15) is 11.8 Å². The molecule has 0 atom stereocenters. The smallest absolute Gasteiger partial charge is 0.121 e. The summed E-state index contributed by atoms with van der Waals surface area (Å²) in [6.45, 7) is 5.95. The number of hydrogen-bond acceptors (Lipinski definition) is 3. The van der Waals surface area contributed by atoms with E-state index >= 15 is 0 Å². The fourth-order valence-electron chi connectivity index (χ4n) is 1.41. The molecule has 0 unspecified atom stereocenters. The molecule has 3 heteroatoms. The second-order valence-corrected chi connectivity index (χ2v) is 4.83. The van der Waals surface area contributed by atoms with Gasteiger partial charge in [-0.3, -0.25) is 0 Å². The van der Waals surface area contributed by atoms with Crippen LogP contribution in [0.3, 0.4) is 0 Å². The molecular weight excluding hydrogens is 218 g/mol. The molecule has 2 nitrogen and oxygen atoms in total. The monoisotopic (exact) mass is 239 g/mol. The van der Waals surface area contributed by atoms with Crippen molar-refractivity contribution in [2.75, 3.05) is 30.0 Å². The van der Waals surface area contributed by atoms with E-state index in [-0.39, 0.29) is 0 Å². The molecule has 1 aromatic carbocycles. The zero-order valence-corrected chi connectivity index (χ0v) is 11.0. The third kappa shape index (κ3) is 5.31. The molecule has 0 fully saturated rings. The van der Waals surface area contributed by atoms with E-state index < -0.39 is 0 Å². The molecule has 0 aliphatic carbocycles. The van der Waals surface area contributed by atoms with Crippen molar-refractivity contribution in [3.8, 4) is 5.75 Å². The van der Waals surface area contributed by atoms with Crippen LogP contribution in [0.5, 0.6) is 5.75 Å². The van der Waals surface area contributed by atoms with Crippen LogP contribution in [-0.4, -0.2) is 24.7 Å². The molecule has 0 amide bonds. The highest BCUT2D eigenvalue weighted by atomic mass is 32.2. The lowest BCUT2D eigenvalue weighted by atomic mass is 10.3. The molecule has 90 valence electrons. The van der Waals surface area contributed by atoms with Gasteiger partial charge in [0.05, 0.1) is 6.61 Å². The number of thioether (sulfide) groups is 1. The van der Waals surface area contributed by atoms with Crippen molar-refractivity contribution in [3.63, 3.8) is 0 Å². The van der Waals surface area contributed by atoms with E-state index in [1.54, 1.807) is 0 Å². The highest BCUT2D eigenvalue weighted by Crippen LogP contribution is 2.17. The van der Waals surface area contributed by atoms with Gasteiger partial charge in [0.2, 0.25) is 0 Å². The van der Waals surface area contributed by atoms with Gasteiger partial charge in [-0.25, -0.2) is 0 Å². The van der Waals surface area contributed by atoms with Gasteiger partial charge >= 0.3 is 0 Å². The lowest BCUT2D eigenvalue weighted by molar-refractivity contribution is 0.340. The Balaban J connectivity index is 2.27. The summed E-state index contributed by atoms with van der Waals surface area (Å²) in [5.74, 6) is 3.38. The Bertz CT molecular complexity index is 291. The molecule has 0 saturated carbocycles. The molecule has 1 rings (SSSR count). The van der Waals surface area contributed by atoms with Crippen molar-refractivity contribution in [3.05, 3.63) is 24.3 Å². The molecule has 0 aliphatic rings. The molecule has 1 aromatic rings. The van der Waals surface area contributed by atoms with Gasteiger partial charge in [0.15, 0.2) is 0 Å². The van der Waals surface area contributed by atoms with Crippen molar-refractivity contribution >= 4 is 17.4 Å². The van der Waals surface area contributed by atoms with E-state index in [0.717, 1.165) is 24.6 Å². The van der Waals surface area contributed by atoms with E-state index in [4.69, 9.17) is 4.74 Å². The lowest BCUT2D eigenvalue weighted by Crippen LogP contribution is -2.03. The van der Waals surface area contributed by atoms with E-state index in [2.05, 4.69) is 24.4 Å². The maximum Gasteiger partial charge on any atom is 0.121 e. The maximum atomic E-state index is 5.45. The van der Waals surface area contributed by atoms with Crippen molar-refractivity contribution in [1.29, 1.82) is 0 Å². The topological polar surface area (TPSA) is 21.3 Å². The minimum Gasteiger partial charge on any atom is -0.494 e. The fraction of sp³-hybridized carbons (Fsp3) is 0.538. The van der Waals surface area contributed by atoms with Crippen LogP contribution >= 0.6 is 11.8 Å². The summed E-state index contributed by atoms with van der Waals surface area (Å²) in [6.07, 6.45) is 1.21. The van der Waals surface area contributed by atoms with Crippen molar-refractivity contribution < 1.29 is 4.74 Å². The lowest BCUT2D eigenvalue weighted by Gasteiger charge is -2.08. The zero-order valence-electron chi connectivity index (χ0n) is 10.2. The number of hydrogen-bond donors (Lipinski definition) is 1. The molecule has 0 bridgehead atoms. The predicted molar refractivity (Wildman–Crippen MR) is 73.7 cm³/mol. The van der Waals surface area contributed by atoms with Crippen molar-refractivity contribution in [2.24, 2.45) is 0 Å². The summed E-state index contributed by atoms with van der Waals surface area (Å²) in [5.41, 5.74) is 1.15. The Labute approximate surface area is 103 Å². The van der Waals surface area contributed by atoms with Crippen LogP contribution in [0.1, 0.15) is 20.3 Å². The summed E-state index contributed by atoms with van der Waals surface area (Å²) in [4.78, 5) is 0. The second-order valence-electron chi connectivity index (χ2n) is 3.44. The van der Waals surface area contributed by atoms with E-state index in [1.807, 2.05) is 30.8 Å². The Morgan fingerprint density at radius 1 is 1.31 bits per heavy atom. The van der Waals surface area contributed by atoms with Gasteiger partial charge in [0.25, 0.3) is 0 Å². The average molecular weight is 239 g/mol. The Kier molecular flexibility index (Phi) is 6.90. The molecule has 0 aliphatic heterocycles. The van der Waals surface area contributed by atoms with Gasteiger partial charge in [-0.15, -0.1) is 0 Å². The molecular formula is C13H21NOS. The van der Waals surface area contributed by atoms with Crippen molar-refractivity contribution in [2.45, 2.75) is 20.3 Å². The summed E-state index contributed by atoms with van der Waals surface area (Å²) in [7, 11) is 0. The maximum absolute atomic E-state index is 5.45. The SMILES string of the molecule is CCOc1cccc(NCCCSCC)c1. The summed E-state index contributed by atoms with van der Waals surface area (Å²) in [5, 5.41) is 3.41. The van der Waals surface area contributed by atoms with Crippen molar-refractivity contribution in [1.82, 2.24) is 0 Å². The third-order valence-electron chi connectivity index (χ3n) is 2.14. The van der Waals surface area contributed by atoms with Gasteiger partial charge in [0, 0.05) is 18.3 Å². The van der Waals surface area contributed by atoms with E-state index in [9.17, 15) is 0 Å². The van der Waals surface area contributed by atoms with Gasteiger partial charge < -0.3 is 10.1 Å². The van der Waals surface area contributed by atoms with Crippen LogP contribution in [0.2, 0.25) is 0 Å². The van der Waals surface area contributed by atoms with Crippen LogP contribution in [0.4, 0.5) is 5.69 Å². The second kappa shape index (κ2) is 8.34. The van der Waals surface area contributed by atoms with E-state index in [0.29, 0.717) is 0 Å². The molecule has 0 heterocycles. The van der Waals surface area contributed by atoms with Crippen LogP contribution < -0.4 is 10.1 Å².